The first-order valence-electron chi connectivity index (χ1n) is 6.89. The molecule has 0 spiro atoms. The average Bonchev–Trinajstić information content (AvgIpc) is 2.57. The molecule has 4 nitrogen and oxygen atoms in total. The van der Waals surface area contributed by atoms with E-state index in [4.69, 9.17) is 14.6 Å². The molecule has 2 rings (SSSR count). The van der Waals surface area contributed by atoms with Gasteiger partial charge in [-0.2, -0.15) is 5.26 Å². The predicted molar refractivity (Wildman–Crippen MR) is 78.7 cm³/mol. The third-order valence-electron chi connectivity index (χ3n) is 4.20. The zero-order valence-electron chi connectivity index (χ0n) is 13.0. The Bertz CT molecular complexity index is 547. The van der Waals surface area contributed by atoms with Gasteiger partial charge in [-0.15, -0.1) is 0 Å². The molecule has 1 saturated heterocycles. The van der Waals surface area contributed by atoms with Crippen LogP contribution in [0.1, 0.15) is 51.8 Å². The standard InChI is InChI=1S/C15H21BN2O2/c1-10-7-12(13(18-9-10)11(2)8-17)16-19-14(3,4)15(5,6)20-16/h7,9,11H,1-6H3. The monoisotopic (exact) mass is 272 g/mol. The lowest BCUT2D eigenvalue weighted by Gasteiger charge is -2.32. The van der Waals surface area contributed by atoms with E-state index in [1.54, 1.807) is 6.20 Å². The Morgan fingerprint density at radius 3 is 2.30 bits per heavy atom. The van der Waals surface area contributed by atoms with Crippen LogP contribution in [0, 0.1) is 18.3 Å². The van der Waals surface area contributed by atoms with Crippen molar-refractivity contribution in [3.05, 3.63) is 23.5 Å². The summed E-state index contributed by atoms with van der Waals surface area (Å²) in [6, 6.07) is 4.23. The highest BCUT2D eigenvalue weighted by Gasteiger charge is 2.52. The van der Waals surface area contributed by atoms with Crippen LogP contribution in [0.3, 0.4) is 0 Å². The first-order valence-corrected chi connectivity index (χ1v) is 6.89. The number of nitrogens with zero attached hydrogens (tertiary/aromatic N) is 2. The van der Waals surface area contributed by atoms with Gasteiger partial charge in [0.25, 0.3) is 0 Å². The second-order valence-corrected chi connectivity index (χ2v) is 6.43. The molecule has 5 heteroatoms. The fourth-order valence-electron chi connectivity index (χ4n) is 2.18. The van der Waals surface area contributed by atoms with Crippen LogP contribution in [0.4, 0.5) is 0 Å². The summed E-state index contributed by atoms with van der Waals surface area (Å²) < 4.78 is 12.1. The molecule has 1 aliphatic rings. The number of aromatic nitrogens is 1. The summed E-state index contributed by atoms with van der Waals surface area (Å²) in [5, 5.41) is 9.16. The van der Waals surface area contributed by atoms with Crippen molar-refractivity contribution in [2.45, 2.75) is 58.7 Å². The summed E-state index contributed by atoms with van der Waals surface area (Å²) in [5.74, 6) is -0.287. The molecule has 0 N–H and O–H groups in total. The number of hydrogen-bond acceptors (Lipinski definition) is 4. The molecule has 0 saturated carbocycles. The van der Waals surface area contributed by atoms with Gasteiger partial charge >= 0.3 is 7.12 Å². The fourth-order valence-corrected chi connectivity index (χ4v) is 2.18. The molecule has 0 aromatic carbocycles. The van der Waals surface area contributed by atoms with E-state index in [1.165, 1.54) is 0 Å². The molecule has 1 fully saturated rings. The van der Waals surface area contributed by atoms with Crippen molar-refractivity contribution in [1.29, 1.82) is 5.26 Å². The van der Waals surface area contributed by atoms with Gasteiger partial charge in [0.15, 0.2) is 0 Å². The summed E-state index contributed by atoms with van der Waals surface area (Å²) >= 11 is 0. The van der Waals surface area contributed by atoms with Crippen LogP contribution in [0.2, 0.25) is 0 Å². The zero-order valence-corrected chi connectivity index (χ0v) is 13.0. The Labute approximate surface area is 121 Å². The van der Waals surface area contributed by atoms with Crippen molar-refractivity contribution in [2.24, 2.45) is 0 Å². The lowest BCUT2D eigenvalue weighted by Crippen LogP contribution is -2.41. The molecule has 0 amide bonds. The van der Waals surface area contributed by atoms with E-state index in [0.717, 1.165) is 16.7 Å². The summed E-state index contributed by atoms with van der Waals surface area (Å²) in [6.45, 7) is 11.9. The molecule has 2 heterocycles. The van der Waals surface area contributed by atoms with E-state index in [-0.39, 0.29) is 5.92 Å². The molecule has 0 aliphatic carbocycles. The second-order valence-electron chi connectivity index (χ2n) is 6.43. The number of pyridine rings is 1. The molecule has 20 heavy (non-hydrogen) atoms. The maximum atomic E-state index is 9.16. The molecule has 1 aromatic heterocycles. The quantitative estimate of drug-likeness (QED) is 0.775. The normalized spacial score (nSPS) is 21.6. The minimum absolute atomic E-state index is 0.287. The lowest BCUT2D eigenvalue weighted by atomic mass is 9.75. The van der Waals surface area contributed by atoms with Gasteiger partial charge < -0.3 is 9.31 Å². The van der Waals surface area contributed by atoms with Crippen LogP contribution in [0.15, 0.2) is 12.3 Å². The third kappa shape index (κ3) is 2.46. The van der Waals surface area contributed by atoms with E-state index >= 15 is 0 Å². The van der Waals surface area contributed by atoms with Crippen LogP contribution in [0.25, 0.3) is 0 Å². The van der Waals surface area contributed by atoms with Gasteiger partial charge in [-0.1, -0.05) is 6.07 Å². The lowest BCUT2D eigenvalue weighted by molar-refractivity contribution is 0.00578. The zero-order chi connectivity index (χ0) is 15.1. The van der Waals surface area contributed by atoms with Crippen molar-refractivity contribution < 1.29 is 9.31 Å². The molecular weight excluding hydrogens is 251 g/mol. The van der Waals surface area contributed by atoms with Crippen molar-refractivity contribution in [1.82, 2.24) is 4.98 Å². The van der Waals surface area contributed by atoms with Gasteiger partial charge in [0, 0.05) is 11.7 Å². The van der Waals surface area contributed by atoms with Crippen molar-refractivity contribution in [3.63, 3.8) is 0 Å². The van der Waals surface area contributed by atoms with Gasteiger partial charge in [-0.3, -0.25) is 4.98 Å². The van der Waals surface area contributed by atoms with E-state index in [1.807, 2.05) is 47.6 Å². The maximum absolute atomic E-state index is 9.16. The molecule has 1 atom stereocenters. The Morgan fingerprint density at radius 2 is 1.80 bits per heavy atom. The summed E-state index contributed by atoms with van der Waals surface area (Å²) in [5.41, 5.74) is 1.83. The Kier molecular flexibility index (Phi) is 3.66. The highest BCUT2D eigenvalue weighted by Crippen LogP contribution is 2.36. The van der Waals surface area contributed by atoms with Gasteiger partial charge in [-0.05, 0) is 47.1 Å². The number of hydrogen-bond donors (Lipinski definition) is 0. The highest BCUT2D eigenvalue weighted by atomic mass is 16.7. The summed E-state index contributed by atoms with van der Waals surface area (Å²) in [4.78, 5) is 4.41. The minimum atomic E-state index is -0.474. The van der Waals surface area contributed by atoms with Gasteiger partial charge in [0.2, 0.25) is 0 Å². The molecule has 106 valence electrons. The smallest absolute Gasteiger partial charge is 0.399 e. The molecule has 1 aliphatic heterocycles. The summed E-state index contributed by atoms with van der Waals surface area (Å²) in [7, 11) is -0.474. The minimum Gasteiger partial charge on any atom is -0.399 e. The van der Waals surface area contributed by atoms with Crippen LogP contribution >= 0.6 is 0 Å². The predicted octanol–water partition coefficient (Wildman–Crippen LogP) is 2.32. The first kappa shape index (κ1) is 15.0. The highest BCUT2D eigenvalue weighted by molar-refractivity contribution is 6.62. The number of rotatable bonds is 2. The third-order valence-corrected chi connectivity index (χ3v) is 4.20. The van der Waals surface area contributed by atoms with Gasteiger partial charge in [-0.25, -0.2) is 0 Å². The van der Waals surface area contributed by atoms with Crippen LogP contribution in [0.5, 0.6) is 0 Å². The van der Waals surface area contributed by atoms with Crippen molar-refractivity contribution in [3.8, 4) is 6.07 Å². The Morgan fingerprint density at radius 1 is 1.25 bits per heavy atom. The Hall–Kier alpha value is -1.38. The molecular formula is C15H21BN2O2. The second kappa shape index (κ2) is 4.87. The topological polar surface area (TPSA) is 55.1 Å². The summed E-state index contributed by atoms with van der Waals surface area (Å²) in [6.07, 6.45) is 1.78. The van der Waals surface area contributed by atoms with Gasteiger partial charge in [0.1, 0.15) is 0 Å². The number of nitriles is 1. The van der Waals surface area contributed by atoms with Crippen LogP contribution < -0.4 is 5.46 Å². The van der Waals surface area contributed by atoms with E-state index < -0.39 is 18.3 Å². The van der Waals surface area contributed by atoms with Crippen molar-refractivity contribution >= 4 is 12.6 Å². The van der Waals surface area contributed by atoms with Gasteiger partial charge in [0.05, 0.1) is 28.9 Å². The average molecular weight is 272 g/mol. The molecule has 0 radical (unpaired) electrons. The first-order chi connectivity index (χ1) is 9.18. The maximum Gasteiger partial charge on any atom is 0.496 e. The molecule has 0 bridgehead atoms. The molecule has 1 aromatic rings. The SMILES string of the molecule is Cc1cnc(C(C)C#N)c(B2OC(C)(C)C(C)(C)O2)c1. The number of aryl methyl sites for hydroxylation is 1. The van der Waals surface area contributed by atoms with E-state index in [9.17, 15) is 0 Å². The fraction of sp³-hybridized carbons (Fsp3) is 0.600. The molecule has 1 unspecified atom stereocenters. The van der Waals surface area contributed by atoms with E-state index in [2.05, 4.69) is 11.1 Å². The van der Waals surface area contributed by atoms with Crippen molar-refractivity contribution in [2.75, 3.05) is 0 Å². The largest absolute Gasteiger partial charge is 0.496 e. The van der Waals surface area contributed by atoms with Crippen LogP contribution in [-0.2, 0) is 9.31 Å². The Balaban J connectivity index is 2.44. The van der Waals surface area contributed by atoms with E-state index in [0.29, 0.717) is 0 Å². The van der Waals surface area contributed by atoms with Crippen LogP contribution in [-0.4, -0.2) is 23.3 Å².